The Labute approximate surface area is 170 Å². The van der Waals surface area contributed by atoms with Crippen molar-refractivity contribution in [1.82, 2.24) is 20.1 Å². The fourth-order valence-corrected chi connectivity index (χ4v) is 3.03. The summed E-state index contributed by atoms with van der Waals surface area (Å²) in [5.74, 6) is 1.80. The molecule has 0 aliphatic carbocycles. The van der Waals surface area contributed by atoms with Crippen molar-refractivity contribution >= 4 is 12.0 Å². The summed E-state index contributed by atoms with van der Waals surface area (Å²) in [4.78, 5) is 16.7. The highest BCUT2D eigenvalue weighted by atomic mass is 16.5. The molecule has 0 fully saturated rings. The van der Waals surface area contributed by atoms with Gasteiger partial charge in [-0.1, -0.05) is 12.1 Å². The number of ether oxygens (including phenoxy) is 2. The van der Waals surface area contributed by atoms with Crippen molar-refractivity contribution in [2.75, 3.05) is 14.2 Å². The quantitative estimate of drug-likeness (QED) is 0.623. The molecule has 1 aromatic carbocycles. The molecule has 0 saturated heterocycles. The SMILES string of the molecule is COc1ccc(/C=C/C(=O)N[C@@H](C)c2cnn(-c3ccccn3)c2C)cc1OC. The van der Waals surface area contributed by atoms with Crippen LogP contribution in [0.25, 0.3) is 11.9 Å². The van der Waals surface area contributed by atoms with Crippen molar-refractivity contribution in [3.63, 3.8) is 0 Å². The van der Waals surface area contributed by atoms with E-state index in [0.717, 1.165) is 22.6 Å². The van der Waals surface area contributed by atoms with Gasteiger partial charge in [-0.3, -0.25) is 4.79 Å². The molecule has 0 aliphatic rings. The Morgan fingerprint density at radius 1 is 1.17 bits per heavy atom. The predicted octanol–water partition coefficient (Wildman–Crippen LogP) is 3.48. The average molecular weight is 392 g/mol. The van der Waals surface area contributed by atoms with Gasteiger partial charge in [0.25, 0.3) is 0 Å². The molecule has 29 heavy (non-hydrogen) atoms. The number of hydrogen-bond donors (Lipinski definition) is 1. The molecule has 0 saturated carbocycles. The third-order valence-electron chi connectivity index (χ3n) is 4.57. The maximum absolute atomic E-state index is 12.4. The van der Waals surface area contributed by atoms with Crippen LogP contribution in [-0.4, -0.2) is 34.9 Å². The Morgan fingerprint density at radius 2 is 1.97 bits per heavy atom. The summed E-state index contributed by atoms with van der Waals surface area (Å²) in [7, 11) is 3.16. The lowest BCUT2D eigenvalue weighted by Crippen LogP contribution is -2.25. The molecule has 2 aromatic heterocycles. The fourth-order valence-electron chi connectivity index (χ4n) is 3.03. The van der Waals surface area contributed by atoms with Crippen LogP contribution in [0.3, 0.4) is 0 Å². The zero-order chi connectivity index (χ0) is 20.8. The first-order valence-electron chi connectivity index (χ1n) is 9.20. The highest BCUT2D eigenvalue weighted by Crippen LogP contribution is 2.28. The summed E-state index contributed by atoms with van der Waals surface area (Å²) in [5, 5.41) is 7.37. The summed E-state index contributed by atoms with van der Waals surface area (Å²) < 4.78 is 12.3. The Bertz CT molecular complexity index is 1010. The van der Waals surface area contributed by atoms with Crippen LogP contribution in [0.2, 0.25) is 0 Å². The van der Waals surface area contributed by atoms with E-state index in [1.165, 1.54) is 6.08 Å². The second kappa shape index (κ2) is 9.05. The Morgan fingerprint density at radius 3 is 2.66 bits per heavy atom. The van der Waals surface area contributed by atoms with Gasteiger partial charge in [-0.25, -0.2) is 9.67 Å². The van der Waals surface area contributed by atoms with Crippen molar-refractivity contribution in [3.8, 4) is 17.3 Å². The third kappa shape index (κ3) is 4.63. The maximum atomic E-state index is 12.4. The minimum absolute atomic E-state index is 0.197. The van der Waals surface area contributed by atoms with Gasteiger partial charge in [-0.15, -0.1) is 0 Å². The van der Waals surface area contributed by atoms with E-state index in [9.17, 15) is 4.79 Å². The van der Waals surface area contributed by atoms with E-state index >= 15 is 0 Å². The van der Waals surface area contributed by atoms with E-state index in [4.69, 9.17) is 9.47 Å². The number of nitrogens with zero attached hydrogens (tertiary/aromatic N) is 3. The molecule has 1 atom stereocenters. The zero-order valence-electron chi connectivity index (χ0n) is 16.9. The molecular formula is C22H24N4O3. The first-order chi connectivity index (χ1) is 14.0. The summed E-state index contributed by atoms with van der Waals surface area (Å²) in [6, 6.07) is 10.9. The molecule has 3 rings (SSSR count). The van der Waals surface area contributed by atoms with Gasteiger partial charge in [0, 0.05) is 23.5 Å². The van der Waals surface area contributed by atoms with Crippen molar-refractivity contribution in [3.05, 3.63) is 71.7 Å². The van der Waals surface area contributed by atoms with Gasteiger partial charge in [0.05, 0.1) is 26.5 Å². The largest absolute Gasteiger partial charge is 0.493 e. The molecule has 1 amide bonds. The molecule has 0 aliphatic heterocycles. The van der Waals surface area contributed by atoms with Gasteiger partial charge in [0.1, 0.15) is 0 Å². The Hall–Kier alpha value is -3.61. The molecular weight excluding hydrogens is 368 g/mol. The third-order valence-corrected chi connectivity index (χ3v) is 4.57. The van der Waals surface area contributed by atoms with Crippen LogP contribution in [0.1, 0.15) is 29.8 Å². The van der Waals surface area contributed by atoms with Gasteiger partial charge in [-0.05, 0) is 49.8 Å². The van der Waals surface area contributed by atoms with Gasteiger partial charge >= 0.3 is 0 Å². The van der Waals surface area contributed by atoms with Crippen LogP contribution >= 0.6 is 0 Å². The molecule has 7 nitrogen and oxygen atoms in total. The van der Waals surface area contributed by atoms with Crippen LogP contribution in [0.5, 0.6) is 11.5 Å². The van der Waals surface area contributed by atoms with E-state index in [-0.39, 0.29) is 11.9 Å². The zero-order valence-corrected chi connectivity index (χ0v) is 16.9. The second-order valence-corrected chi connectivity index (χ2v) is 6.46. The highest BCUT2D eigenvalue weighted by Gasteiger charge is 2.16. The first kappa shape index (κ1) is 20.1. The second-order valence-electron chi connectivity index (χ2n) is 6.46. The number of rotatable bonds is 7. The number of carbonyl (C=O) groups excluding carboxylic acids is 1. The predicted molar refractivity (Wildman–Crippen MR) is 111 cm³/mol. The smallest absolute Gasteiger partial charge is 0.244 e. The first-order valence-corrected chi connectivity index (χ1v) is 9.20. The van der Waals surface area contributed by atoms with Gasteiger partial charge < -0.3 is 14.8 Å². The lowest BCUT2D eigenvalue weighted by Gasteiger charge is -2.12. The van der Waals surface area contributed by atoms with Crippen LogP contribution in [0, 0.1) is 6.92 Å². The number of aromatic nitrogens is 3. The van der Waals surface area contributed by atoms with Gasteiger partial charge in [0.15, 0.2) is 17.3 Å². The van der Waals surface area contributed by atoms with Crippen LogP contribution in [0.15, 0.2) is 54.9 Å². The summed E-state index contributed by atoms with van der Waals surface area (Å²) in [6.45, 7) is 3.88. The van der Waals surface area contributed by atoms with Gasteiger partial charge in [0.2, 0.25) is 5.91 Å². The number of methoxy groups -OCH3 is 2. The molecule has 150 valence electrons. The topological polar surface area (TPSA) is 78.3 Å². The van der Waals surface area contributed by atoms with E-state index < -0.39 is 0 Å². The summed E-state index contributed by atoms with van der Waals surface area (Å²) in [6.07, 6.45) is 6.71. The number of benzene rings is 1. The van der Waals surface area contributed by atoms with E-state index in [1.807, 2.05) is 44.2 Å². The number of pyridine rings is 1. The van der Waals surface area contributed by atoms with Crippen molar-refractivity contribution < 1.29 is 14.3 Å². The molecule has 0 radical (unpaired) electrons. The van der Waals surface area contributed by atoms with Gasteiger partial charge in [-0.2, -0.15) is 5.10 Å². The molecule has 0 spiro atoms. The Balaban J connectivity index is 1.68. The van der Waals surface area contributed by atoms with Crippen LogP contribution in [-0.2, 0) is 4.79 Å². The minimum Gasteiger partial charge on any atom is -0.493 e. The van der Waals surface area contributed by atoms with E-state index in [1.54, 1.807) is 43.4 Å². The normalized spacial score (nSPS) is 12.0. The van der Waals surface area contributed by atoms with E-state index in [2.05, 4.69) is 15.4 Å². The Kier molecular flexibility index (Phi) is 6.29. The standard InChI is InChI=1S/C22H24N4O3/c1-15(18-14-24-26(16(18)2)21-7-5-6-12-23-21)25-22(27)11-9-17-8-10-19(28-3)20(13-17)29-4/h5-15H,1-4H3,(H,25,27)/b11-9+/t15-/m0/s1. The fraction of sp³-hybridized carbons (Fsp3) is 0.227. The molecule has 0 bridgehead atoms. The molecule has 7 heteroatoms. The maximum Gasteiger partial charge on any atom is 0.244 e. The summed E-state index contributed by atoms with van der Waals surface area (Å²) in [5.41, 5.74) is 2.70. The molecule has 2 heterocycles. The van der Waals surface area contributed by atoms with Crippen LogP contribution < -0.4 is 14.8 Å². The lowest BCUT2D eigenvalue weighted by atomic mass is 10.1. The van der Waals surface area contributed by atoms with E-state index in [0.29, 0.717) is 11.5 Å². The number of amides is 1. The van der Waals surface area contributed by atoms with Crippen molar-refractivity contribution in [2.24, 2.45) is 0 Å². The highest BCUT2D eigenvalue weighted by molar-refractivity contribution is 5.92. The van der Waals surface area contributed by atoms with Crippen LogP contribution in [0.4, 0.5) is 0 Å². The number of nitrogens with one attached hydrogen (secondary N) is 1. The number of hydrogen-bond acceptors (Lipinski definition) is 5. The molecule has 0 unspecified atom stereocenters. The van der Waals surface area contributed by atoms with Crippen molar-refractivity contribution in [1.29, 1.82) is 0 Å². The van der Waals surface area contributed by atoms with Crippen molar-refractivity contribution in [2.45, 2.75) is 19.9 Å². The summed E-state index contributed by atoms with van der Waals surface area (Å²) >= 11 is 0. The monoisotopic (exact) mass is 392 g/mol. The average Bonchev–Trinajstić information content (AvgIpc) is 3.14. The lowest BCUT2D eigenvalue weighted by molar-refractivity contribution is -0.117. The molecule has 3 aromatic rings. The molecule has 1 N–H and O–H groups in total. The minimum atomic E-state index is -0.199. The number of carbonyl (C=O) groups is 1.